The van der Waals surface area contributed by atoms with Crippen LogP contribution in [0.25, 0.3) is 0 Å². The van der Waals surface area contributed by atoms with Crippen LogP contribution in [0.5, 0.6) is 0 Å². The van der Waals surface area contributed by atoms with Crippen LogP contribution in [-0.2, 0) is 13.6 Å². The van der Waals surface area contributed by atoms with Crippen molar-refractivity contribution >= 4 is 7.75 Å². The van der Waals surface area contributed by atoms with Gasteiger partial charge in [-0.05, 0) is 27.2 Å². The van der Waals surface area contributed by atoms with E-state index in [0.717, 1.165) is 6.42 Å². The predicted octanol–water partition coefficient (Wildman–Crippen LogP) is 2.29. The van der Waals surface area contributed by atoms with Gasteiger partial charge in [0.2, 0.25) is 0 Å². The van der Waals surface area contributed by atoms with E-state index in [9.17, 15) is 4.57 Å². The van der Waals surface area contributed by atoms with Crippen molar-refractivity contribution in [3.63, 3.8) is 0 Å². The Bertz CT molecular complexity index is 172. The molecule has 0 aliphatic carbocycles. The molecule has 5 heteroatoms. The minimum Gasteiger partial charge on any atom is -0.294 e. The Balaban J connectivity index is 3.95. The molecule has 2 unspecified atom stereocenters. The van der Waals surface area contributed by atoms with E-state index in [-0.39, 0.29) is 12.2 Å². The Morgan fingerprint density at radius 2 is 1.83 bits per heavy atom. The summed E-state index contributed by atoms with van der Waals surface area (Å²) in [7, 11) is -3.32. The summed E-state index contributed by atoms with van der Waals surface area (Å²) in [6, 6.07) is 0. The summed E-state index contributed by atoms with van der Waals surface area (Å²) < 4.78 is 21.3. The van der Waals surface area contributed by atoms with Crippen LogP contribution in [0.4, 0.5) is 0 Å². The lowest BCUT2D eigenvalue weighted by atomic mass is 10.3. The maximum absolute atomic E-state index is 11.3. The fourth-order valence-corrected chi connectivity index (χ4v) is 1.93. The normalized spacial score (nSPS) is 19.2. The molecular weight excluding hydrogens is 177 g/mol. The van der Waals surface area contributed by atoms with Gasteiger partial charge in [-0.25, -0.2) is 10.1 Å². The van der Waals surface area contributed by atoms with E-state index in [2.05, 4.69) is 0 Å². The highest BCUT2D eigenvalue weighted by Crippen LogP contribution is 2.42. The van der Waals surface area contributed by atoms with Gasteiger partial charge < -0.3 is 0 Å². The molecule has 0 saturated carbocycles. The number of hydrogen-bond acceptors (Lipinski definition) is 3. The van der Waals surface area contributed by atoms with Crippen LogP contribution >= 0.6 is 7.75 Å². The maximum atomic E-state index is 11.3. The van der Waals surface area contributed by atoms with Crippen molar-refractivity contribution < 1.29 is 13.6 Å². The van der Waals surface area contributed by atoms with Gasteiger partial charge in [0.05, 0.1) is 12.2 Å². The van der Waals surface area contributed by atoms with Gasteiger partial charge in [-0.3, -0.25) is 9.05 Å². The second kappa shape index (κ2) is 4.97. The maximum Gasteiger partial charge on any atom is 0.403 e. The second-order valence-electron chi connectivity index (χ2n) is 3.02. The molecule has 0 aliphatic heterocycles. The molecule has 0 aliphatic rings. The summed E-state index contributed by atoms with van der Waals surface area (Å²) in [5, 5.41) is 0. The first-order chi connectivity index (χ1) is 5.37. The third-order valence-electron chi connectivity index (χ3n) is 1.26. The van der Waals surface area contributed by atoms with Crippen molar-refractivity contribution in [2.75, 3.05) is 0 Å². The molecular formula is C7H18NO3P. The van der Waals surface area contributed by atoms with E-state index >= 15 is 0 Å². The third-order valence-corrected chi connectivity index (χ3v) is 2.63. The van der Waals surface area contributed by atoms with Crippen LogP contribution in [0, 0.1) is 0 Å². The van der Waals surface area contributed by atoms with E-state index in [1.807, 2.05) is 13.8 Å². The predicted molar refractivity (Wildman–Crippen MR) is 48.9 cm³/mol. The topological polar surface area (TPSA) is 61.5 Å². The van der Waals surface area contributed by atoms with E-state index < -0.39 is 7.75 Å². The van der Waals surface area contributed by atoms with Crippen molar-refractivity contribution in [3.05, 3.63) is 0 Å². The average molecular weight is 195 g/mol. The largest absolute Gasteiger partial charge is 0.403 e. The summed E-state index contributed by atoms with van der Waals surface area (Å²) in [6.07, 6.45) is 0.465. The van der Waals surface area contributed by atoms with Gasteiger partial charge in [0.25, 0.3) is 0 Å². The molecule has 0 aromatic carbocycles. The van der Waals surface area contributed by atoms with Crippen molar-refractivity contribution in [2.24, 2.45) is 5.50 Å². The van der Waals surface area contributed by atoms with Crippen molar-refractivity contribution in [2.45, 2.75) is 46.3 Å². The summed E-state index contributed by atoms with van der Waals surface area (Å²) in [5.41, 5.74) is 5.31. The Labute approximate surface area is 74.0 Å². The average Bonchev–Trinajstić information content (AvgIpc) is 1.83. The fraction of sp³-hybridized carbons (Fsp3) is 1.00. The monoisotopic (exact) mass is 195 g/mol. The molecule has 2 N–H and O–H groups in total. The zero-order valence-electron chi connectivity index (χ0n) is 8.11. The van der Waals surface area contributed by atoms with Gasteiger partial charge in [-0.1, -0.05) is 6.92 Å². The third kappa shape index (κ3) is 5.72. The standard InChI is InChI=1S/C7H18NO3P/c1-5-7(4)11-12(8,9)10-6(2)3/h6-7H,5H2,1-4H3,(H2,8,9). The van der Waals surface area contributed by atoms with Crippen molar-refractivity contribution in [3.8, 4) is 0 Å². The van der Waals surface area contributed by atoms with Crippen molar-refractivity contribution in [1.29, 1.82) is 0 Å². The Morgan fingerprint density at radius 3 is 2.17 bits per heavy atom. The van der Waals surface area contributed by atoms with Gasteiger partial charge in [0, 0.05) is 0 Å². The lowest BCUT2D eigenvalue weighted by molar-refractivity contribution is 0.133. The van der Waals surface area contributed by atoms with Gasteiger partial charge in [-0.15, -0.1) is 0 Å². The number of nitrogens with two attached hydrogens (primary N) is 1. The minimum atomic E-state index is -3.32. The summed E-state index contributed by atoms with van der Waals surface area (Å²) in [5.74, 6) is 0. The SMILES string of the molecule is CCC(C)OP(N)(=O)OC(C)C. The highest BCUT2D eigenvalue weighted by molar-refractivity contribution is 7.51. The van der Waals surface area contributed by atoms with Gasteiger partial charge in [-0.2, -0.15) is 0 Å². The second-order valence-corrected chi connectivity index (χ2v) is 4.52. The van der Waals surface area contributed by atoms with Gasteiger partial charge in [0.1, 0.15) is 0 Å². The number of hydrogen-bond donors (Lipinski definition) is 1. The first-order valence-corrected chi connectivity index (χ1v) is 5.74. The van der Waals surface area contributed by atoms with Crippen LogP contribution in [0.2, 0.25) is 0 Å². The highest BCUT2D eigenvalue weighted by Gasteiger charge is 2.22. The Morgan fingerprint density at radius 1 is 1.33 bits per heavy atom. The van der Waals surface area contributed by atoms with E-state index in [1.54, 1.807) is 13.8 Å². The molecule has 0 amide bonds. The van der Waals surface area contributed by atoms with Crippen molar-refractivity contribution in [1.82, 2.24) is 0 Å². The van der Waals surface area contributed by atoms with Crippen LogP contribution in [0.3, 0.4) is 0 Å². The van der Waals surface area contributed by atoms with E-state index in [0.29, 0.717) is 0 Å². The molecule has 12 heavy (non-hydrogen) atoms. The fourth-order valence-electron chi connectivity index (χ4n) is 0.644. The zero-order chi connectivity index (χ0) is 9.78. The minimum absolute atomic E-state index is 0.125. The molecule has 0 aromatic rings. The smallest absolute Gasteiger partial charge is 0.294 e. The molecule has 0 spiro atoms. The van der Waals surface area contributed by atoms with Gasteiger partial charge >= 0.3 is 7.75 Å². The van der Waals surface area contributed by atoms with E-state index in [1.165, 1.54) is 0 Å². The van der Waals surface area contributed by atoms with E-state index in [4.69, 9.17) is 14.6 Å². The molecule has 0 aromatic heterocycles. The molecule has 0 saturated heterocycles. The first kappa shape index (κ1) is 12.1. The highest BCUT2D eigenvalue weighted by atomic mass is 31.2. The molecule has 2 atom stereocenters. The van der Waals surface area contributed by atoms with Crippen LogP contribution < -0.4 is 5.50 Å². The van der Waals surface area contributed by atoms with Crippen LogP contribution in [-0.4, -0.2) is 12.2 Å². The first-order valence-electron chi connectivity index (χ1n) is 4.12. The summed E-state index contributed by atoms with van der Waals surface area (Å²) in [6.45, 7) is 7.27. The Hall–Kier alpha value is 0.110. The lowest BCUT2D eigenvalue weighted by Gasteiger charge is -2.19. The van der Waals surface area contributed by atoms with Gasteiger partial charge in [0.15, 0.2) is 0 Å². The molecule has 4 nitrogen and oxygen atoms in total. The summed E-state index contributed by atoms with van der Waals surface area (Å²) >= 11 is 0. The lowest BCUT2D eigenvalue weighted by Crippen LogP contribution is -2.14. The van der Waals surface area contributed by atoms with Crippen LogP contribution in [0.1, 0.15) is 34.1 Å². The molecule has 0 radical (unpaired) electrons. The molecule has 0 fully saturated rings. The Kier molecular flexibility index (Phi) is 5.02. The summed E-state index contributed by atoms with van der Waals surface area (Å²) in [4.78, 5) is 0. The molecule has 74 valence electrons. The number of rotatable bonds is 5. The quantitative estimate of drug-likeness (QED) is 0.683. The molecule has 0 bridgehead atoms. The zero-order valence-corrected chi connectivity index (χ0v) is 9.01. The molecule has 0 rings (SSSR count). The molecule has 0 heterocycles. The van der Waals surface area contributed by atoms with Crippen LogP contribution in [0.15, 0.2) is 0 Å².